The molecule has 0 aliphatic carbocycles. The predicted octanol–water partition coefficient (Wildman–Crippen LogP) is 4.91. The molecular weight excluding hydrogens is 348 g/mol. The number of hydrogen-bond acceptors (Lipinski definition) is 6. The Bertz CT molecular complexity index is 903. The third-order valence-corrected chi connectivity index (χ3v) is 5.06. The van der Waals surface area contributed by atoms with E-state index < -0.39 is 0 Å². The van der Waals surface area contributed by atoms with Crippen LogP contribution in [-0.4, -0.2) is 28.3 Å². The van der Waals surface area contributed by atoms with Gasteiger partial charge in [-0.2, -0.15) is 10.1 Å². The van der Waals surface area contributed by atoms with Gasteiger partial charge in [-0.15, -0.1) is 5.10 Å². The quantitative estimate of drug-likeness (QED) is 0.639. The van der Waals surface area contributed by atoms with Crippen LogP contribution in [0.1, 0.15) is 31.7 Å². The average Bonchev–Trinajstić information content (AvgIpc) is 2.76. The Morgan fingerprint density at radius 3 is 2.50 bits per heavy atom. The molecule has 3 aromatic rings. The first-order valence-corrected chi connectivity index (χ1v) is 9.98. The minimum atomic E-state index is 0.477. The van der Waals surface area contributed by atoms with Crippen LogP contribution in [0, 0.1) is 0 Å². The maximum absolute atomic E-state index is 4.54. The second-order valence-corrected chi connectivity index (χ2v) is 7.02. The predicted molar refractivity (Wildman–Crippen MR) is 115 cm³/mol. The van der Waals surface area contributed by atoms with Crippen LogP contribution in [0.3, 0.4) is 0 Å². The van der Waals surface area contributed by atoms with Gasteiger partial charge in [-0.25, -0.2) is 0 Å². The van der Waals surface area contributed by atoms with Crippen molar-refractivity contribution in [1.29, 1.82) is 0 Å². The second kappa shape index (κ2) is 8.69. The smallest absolute Gasteiger partial charge is 0.249 e. The lowest BCUT2D eigenvalue weighted by Gasteiger charge is -2.28. The van der Waals surface area contributed by atoms with E-state index in [1.807, 2.05) is 18.2 Å². The fraction of sp³-hybridized carbons (Fsp3) is 0.318. The SMILES string of the molecule is CCc1ccccc1Nc1cnnc(Nc2ccc(N3CCCCC3)cc2)n1. The highest BCUT2D eigenvalue weighted by Gasteiger charge is 2.11. The summed E-state index contributed by atoms with van der Waals surface area (Å²) >= 11 is 0. The van der Waals surface area contributed by atoms with Crippen molar-refractivity contribution >= 4 is 28.8 Å². The van der Waals surface area contributed by atoms with Gasteiger partial charge in [0.25, 0.3) is 0 Å². The van der Waals surface area contributed by atoms with E-state index in [1.165, 1.54) is 30.5 Å². The molecule has 2 heterocycles. The molecule has 0 radical (unpaired) electrons. The van der Waals surface area contributed by atoms with E-state index in [4.69, 9.17) is 0 Å². The molecule has 0 atom stereocenters. The zero-order valence-electron chi connectivity index (χ0n) is 16.2. The number of nitrogens with zero attached hydrogens (tertiary/aromatic N) is 4. The van der Waals surface area contributed by atoms with Gasteiger partial charge in [-0.1, -0.05) is 25.1 Å². The van der Waals surface area contributed by atoms with Gasteiger partial charge < -0.3 is 15.5 Å². The Balaban J connectivity index is 1.44. The van der Waals surface area contributed by atoms with Crippen LogP contribution < -0.4 is 15.5 Å². The van der Waals surface area contributed by atoms with Crippen LogP contribution in [-0.2, 0) is 6.42 Å². The molecule has 2 aromatic carbocycles. The van der Waals surface area contributed by atoms with Gasteiger partial charge in [0.2, 0.25) is 5.95 Å². The van der Waals surface area contributed by atoms with Crippen LogP contribution in [0.5, 0.6) is 0 Å². The van der Waals surface area contributed by atoms with Gasteiger partial charge in [0.05, 0.1) is 6.20 Å². The molecule has 28 heavy (non-hydrogen) atoms. The molecule has 1 aromatic heterocycles. The van der Waals surface area contributed by atoms with Gasteiger partial charge in [0.15, 0.2) is 5.82 Å². The summed E-state index contributed by atoms with van der Waals surface area (Å²) in [5, 5.41) is 14.8. The standard InChI is InChI=1S/C22H26N6/c1-2-17-8-4-5-9-20(17)25-21-16-23-27-22(26-21)24-18-10-12-19(13-11-18)28-14-6-3-7-15-28/h4-5,8-13,16H,2-3,6-7,14-15H2,1H3,(H2,24,25,26,27). The molecule has 1 saturated heterocycles. The number of piperidine rings is 1. The van der Waals surface area contributed by atoms with Gasteiger partial charge in [-0.3, -0.25) is 0 Å². The van der Waals surface area contributed by atoms with Crippen molar-refractivity contribution in [3.8, 4) is 0 Å². The van der Waals surface area contributed by atoms with Gasteiger partial charge in [0.1, 0.15) is 0 Å². The van der Waals surface area contributed by atoms with Crippen LogP contribution in [0.4, 0.5) is 28.8 Å². The zero-order valence-corrected chi connectivity index (χ0v) is 16.2. The van der Waals surface area contributed by atoms with Gasteiger partial charge >= 0.3 is 0 Å². The number of anilines is 5. The first-order valence-electron chi connectivity index (χ1n) is 9.98. The Morgan fingerprint density at radius 1 is 0.929 bits per heavy atom. The average molecular weight is 374 g/mol. The van der Waals surface area contributed by atoms with Gasteiger partial charge in [0, 0.05) is 30.2 Å². The van der Waals surface area contributed by atoms with Gasteiger partial charge in [-0.05, 0) is 61.6 Å². The number of rotatable bonds is 6. The number of aromatic nitrogens is 3. The van der Waals surface area contributed by atoms with Crippen molar-refractivity contribution in [1.82, 2.24) is 15.2 Å². The number of hydrogen-bond donors (Lipinski definition) is 2. The molecule has 4 rings (SSSR count). The van der Waals surface area contributed by atoms with Crippen molar-refractivity contribution < 1.29 is 0 Å². The molecule has 0 saturated carbocycles. The van der Waals surface area contributed by atoms with Crippen molar-refractivity contribution in [2.45, 2.75) is 32.6 Å². The lowest BCUT2D eigenvalue weighted by atomic mass is 10.1. The fourth-order valence-electron chi connectivity index (χ4n) is 3.54. The van der Waals surface area contributed by atoms with E-state index in [1.54, 1.807) is 6.20 Å². The molecule has 6 heteroatoms. The van der Waals surface area contributed by atoms with Crippen LogP contribution >= 0.6 is 0 Å². The third kappa shape index (κ3) is 4.39. The topological polar surface area (TPSA) is 66.0 Å². The zero-order chi connectivity index (χ0) is 19.2. The Kier molecular flexibility index (Phi) is 5.66. The van der Waals surface area contributed by atoms with Crippen molar-refractivity contribution in [3.63, 3.8) is 0 Å². The number of para-hydroxylation sites is 1. The summed E-state index contributed by atoms with van der Waals surface area (Å²) < 4.78 is 0. The summed E-state index contributed by atoms with van der Waals surface area (Å²) in [5.41, 5.74) is 4.51. The third-order valence-electron chi connectivity index (χ3n) is 5.06. The molecule has 0 bridgehead atoms. The van der Waals surface area contributed by atoms with Crippen LogP contribution in [0.25, 0.3) is 0 Å². The highest BCUT2D eigenvalue weighted by molar-refractivity contribution is 5.63. The van der Waals surface area contributed by atoms with Crippen molar-refractivity contribution in [2.24, 2.45) is 0 Å². The second-order valence-electron chi connectivity index (χ2n) is 7.02. The maximum Gasteiger partial charge on any atom is 0.249 e. The molecule has 6 nitrogen and oxygen atoms in total. The Hall–Kier alpha value is -3.15. The number of aryl methyl sites for hydroxylation is 1. The van der Waals surface area contributed by atoms with E-state index in [0.29, 0.717) is 11.8 Å². The van der Waals surface area contributed by atoms with E-state index in [2.05, 4.69) is 68.0 Å². The Labute approximate surface area is 166 Å². The molecule has 0 unspecified atom stereocenters. The summed E-state index contributed by atoms with van der Waals surface area (Å²) in [6.45, 7) is 4.43. The van der Waals surface area contributed by atoms with E-state index in [9.17, 15) is 0 Å². The lowest BCUT2D eigenvalue weighted by Crippen LogP contribution is -2.29. The maximum atomic E-state index is 4.54. The van der Waals surface area contributed by atoms with Crippen molar-refractivity contribution in [3.05, 3.63) is 60.3 Å². The summed E-state index contributed by atoms with van der Waals surface area (Å²) in [7, 11) is 0. The molecule has 144 valence electrons. The molecule has 0 amide bonds. The van der Waals surface area contributed by atoms with Crippen LogP contribution in [0.2, 0.25) is 0 Å². The molecule has 0 spiro atoms. The highest BCUT2D eigenvalue weighted by Crippen LogP contribution is 2.24. The number of benzene rings is 2. The van der Waals surface area contributed by atoms with E-state index >= 15 is 0 Å². The molecule has 1 fully saturated rings. The lowest BCUT2D eigenvalue weighted by molar-refractivity contribution is 0.578. The molecule has 2 N–H and O–H groups in total. The molecule has 1 aliphatic rings. The van der Waals surface area contributed by atoms with E-state index in [-0.39, 0.29) is 0 Å². The Morgan fingerprint density at radius 2 is 1.71 bits per heavy atom. The minimum absolute atomic E-state index is 0.477. The fourth-order valence-corrected chi connectivity index (χ4v) is 3.54. The molecular formula is C22H26N6. The van der Waals surface area contributed by atoms with E-state index in [0.717, 1.165) is 30.9 Å². The van der Waals surface area contributed by atoms with Crippen molar-refractivity contribution in [2.75, 3.05) is 28.6 Å². The first kappa shape index (κ1) is 18.2. The van der Waals surface area contributed by atoms with Crippen LogP contribution in [0.15, 0.2) is 54.7 Å². The first-order chi connectivity index (χ1) is 13.8. The largest absolute Gasteiger partial charge is 0.372 e. The summed E-state index contributed by atoms with van der Waals surface area (Å²) in [4.78, 5) is 6.99. The minimum Gasteiger partial charge on any atom is -0.372 e. The highest BCUT2D eigenvalue weighted by atomic mass is 15.3. The normalized spacial score (nSPS) is 14.0. The molecule has 1 aliphatic heterocycles. The summed E-state index contributed by atoms with van der Waals surface area (Å²) in [5.74, 6) is 1.15. The summed E-state index contributed by atoms with van der Waals surface area (Å²) in [6.07, 6.45) is 6.49. The summed E-state index contributed by atoms with van der Waals surface area (Å²) in [6, 6.07) is 16.7. The monoisotopic (exact) mass is 374 g/mol. The number of nitrogens with one attached hydrogen (secondary N) is 2.